The van der Waals surface area contributed by atoms with Crippen LogP contribution >= 0.6 is 24.0 Å². The summed E-state index contributed by atoms with van der Waals surface area (Å²) in [7, 11) is 1.84. The molecule has 0 atom stereocenters. The second kappa shape index (κ2) is 7.10. The van der Waals surface area contributed by atoms with Crippen LogP contribution in [0, 0.1) is 10.1 Å². The molecule has 0 aliphatic carbocycles. The summed E-state index contributed by atoms with van der Waals surface area (Å²) in [5.41, 5.74) is 3.05. The minimum absolute atomic E-state index is 0.0552. The minimum Gasteiger partial charge on any atom is -0.351 e. The summed E-state index contributed by atoms with van der Waals surface area (Å²) in [4.78, 5) is 35.4. The van der Waals surface area contributed by atoms with Crippen LogP contribution in [0.1, 0.15) is 16.1 Å². The molecule has 0 unspecified atom stereocenters. The van der Waals surface area contributed by atoms with Crippen molar-refractivity contribution in [1.82, 2.24) is 15.0 Å². The van der Waals surface area contributed by atoms with Crippen molar-refractivity contribution < 1.29 is 14.5 Å². The molecule has 0 spiro atoms. The summed E-state index contributed by atoms with van der Waals surface area (Å²) >= 11 is 6.22. The Bertz CT molecular complexity index is 967. The SMILES string of the molecule is Cn1cccc1/C=C1/SC(=S)N(NC(=O)c2cccc([N+](=O)[O-])c2)C1=O. The van der Waals surface area contributed by atoms with Crippen LogP contribution in [-0.2, 0) is 11.8 Å². The lowest BCUT2D eigenvalue weighted by Crippen LogP contribution is -2.44. The van der Waals surface area contributed by atoms with E-state index in [2.05, 4.69) is 5.43 Å². The van der Waals surface area contributed by atoms with Gasteiger partial charge in [-0.05, 0) is 36.5 Å². The largest absolute Gasteiger partial charge is 0.351 e. The first-order valence-electron chi connectivity index (χ1n) is 7.31. The fourth-order valence-electron chi connectivity index (χ4n) is 2.25. The number of nitrogens with zero attached hydrogens (tertiary/aromatic N) is 3. The molecule has 1 N–H and O–H groups in total. The number of aromatic nitrogens is 1. The molecule has 1 aliphatic heterocycles. The normalized spacial score (nSPS) is 15.6. The number of hydrazine groups is 1. The van der Waals surface area contributed by atoms with Gasteiger partial charge in [0.15, 0.2) is 4.32 Å². The van der Waals surface area contributed by atoms with Gasteiger partial charge in [0, 0.05) is 36.6 Å². The first kappa shape index (κ1) is 17.8. The third-order valence-electron chi connectivity index (χ3n) is 3.59. The molecule has 26 heavy (non-hydrogen) atoms. The molecule has 1 aromatic heterocycles. The second-order valence-corrected chi connectivity index (χ2v) is 6.99. The number of thioether (sulfide) groups is 1. The average molecular weight is 388 g/mol. The Morgan fingerprint density at radius 2 is 2.12 bits per heavy atom. The van der Waals surface area contributed by atoms with Crippen molar-refractivity contribution in [3.05, 3.63) is 68.9 Å². The summed E-state index contributed by atoms with van der Waals surface area (Å²) in [6.45, 7) is 0. The number of aryl methyl sites for hydroxylation is 1. The topological polar surface area (TPSA) is 97.5 Å². The number of hydrogen-bond donors (Lipinski definition) is 1. The van der Waals surface area contributed by atoms with Gasteiger partial charge >= 0.3 is 0 Å². The molecule has 1 aliphatic rings. The number of nitro groups is 1. The van der Waals surface area contributed by atoms with Crippen molar-refractivity contribution in [2.75, 3.05) is 0 Å². The van der Waals surface area contributed by atoms with E-state index in [9.17, 15) is 19.7 Å². The zero-order valence-corrected chi connectivity index (χ0v) is 15.0. The molecule has 1 aromatic carbocycles. The van der Waals surface area contributed by atoms with E-state index in [1.165, 1.54) is 18.2 Å². The van der Waals surface area contributed by atoms with Crippen LogP contribution in [0.2, 0.25) is 0 Å². The first-order valence-corrected chi connectivity index (χ1v) is 8.54. The smallest absolute Gasteiger partial charge is 0.285 e. The van der Waals surface area contributed by atoms with Gasteiger partial charge in [-0.15, -0.1) is 0 Å². The Morgan fingerprint density at radius 1 is 1.35 bits per heavy atom. The zero-order valence-electron chi connectivity index (χ0n) is 13.4. The molecule has 2 amide bonds. The molecule has 0 radical (unpaired) electrons. The Hall–Kier alpha value is -2.98. The Morgan fingerprint density at radius 3 is 2.77 bits per heavy atom. The van der Waals surface area contributed by atoms with Crippen LogP contribution in [-0.4, -0.2) is 30.6 Å². The molecule has 2 aromatic rings. The Labute approximate surface area is 157 Å². The number of rotatable bonds is 4. The van der Waals surface area contributed by atoms with Gasteiger partial charge in [-0.2, -0.15) is 5.01 Å². The number of benzene rings is 1. The Balaban J connectivity index is 1.79. The van der Waals surface area contributed by atoms with Crippen LogP contribution in [0.4, 0.5) is 5.69 Å². The highest BCUT2D eigenvalue weighted by atomic mass is 32.2. The van der Waals surface area contributed by atoms with Crippen LogP contribution in [0.5, 0.6) is 0 Å². The highest BCUT2D eigenvalue weighted by Gasteiger charge is 2.34. The summed E-state index contributed by atoms with van der Waals surface area (Å²) in [5, 5.41) is 11.8. The molecular weight excluding hydrogens is 376 g/mol. The van der Waals surface area contributed by atoms with Crippen molar-refractivity contribution in [1.29, 1.82) is 0 Å². The summed E-state index contributed by atoms with van der Waals surface area (Å²) in [6, 6.07) is 8.91. The van der Waals surface area contributed by atoms with E-state index in [1.54, 1.807) is 6.08 Å². The van der Waals surface area contributed by atoms with Crippen molar-refractivity contribution in [3.8, 4) is 0 Å². The predicted molar refractivity (Wildman–Crippen MR) is 101 cm³/mol. The fraction of sp³-hybridized carbons (Fsp3) is 0.0625. The van der Waals surface area contributed by atoms with Gasteiger partial charge in [0.1, 0.15) is 0 Å². The van der Waals surface area contributed by atoms with Gasteiger partial charge < -0.3 is 4.57 Å². The fourth-order valence-corrected chi connectivity index (χ4v) is 3.41. The minimum atomic E-state index is -0.662. The molecule has 8 nitrogen and oxygen atoms in total. The van der Waals surface area contributed by atoms with Crippen LogP contribution in [0.15, 0.2) is 47.5 Å². The lowest BCUT2D eigenvalue weighted by atomic mass is 10.2. The number of carbonyl (C=O) groups excluding carboxylic acids is 2. The summed E-state index contributed by atoms with van der Waals surface area (Å²) in [5.74, 6) is -1.12. The lowest BCUT2D eigenvalue weighted by molar-refractivity contribution is -0.384. The lowest BCUT2D eigenvalue weighted by Gasteiger charge is -2.15. The molecule has 1 saturated heterocycles. The Kier molecular flexibility index (Phi) is 4.87. The van der Waals surface area contributed by atoms with Crippen molar-refractivity contribution in [3.63, 3.8) is 0 Å². The monoisotopic (exact) mass is 388 g/mol. The van der Waals surface area contributed by atoms with Gasteiger partial charge in [0.05, 0.1) is 9.83 Å². The van der Waals surface area contributed by atoms with Gasteiger partial charge in [-0.25, -0.2) is 0 Å². The summed E-state index contributed by atoms with van der Waals surface area (Å²) in [6.07, 6.45) is 3.52. The maximum Gasteiger partial charge on any atom is 0.285 e. The van der Waals surface area contributed by atoms with Crippen LogP contribution < -0.4 is 5.43 Å². The number of non-ortho nitro benzene ring substituents is 1. The molecule has 132 valence electrons. The molecule has 0 saturated carbocycles. The van der Waals surface area contributed by atoms with E-state index in [1.807, 2.05) is 29.9 Å². The van der Waals surface area contributed by atoms with E-state index < -0.39 is 16.7 Å². The molecule has 0 bridgehead atoms. The third kappa shape index (κ3) is 3.51. The van der Waals surface area contributed by atoms with Gasteiger partial charge in [0.2, 0.25) is 0 Å². The van der Waals surface area contributed by atoms with Crippen LogP contribution in [0.25, 0.3) is 6.08 Å². The number of thiocarbonyl (C=S) groups is 1. The van der Waals surface area contributed by atoms with Gasteiger partial charge in [-0.1, -0.05) is 17.8 Å². The van der Waals surface area contributed by atoms with E-state index >= 15 is 0 Å². The number of nitro benzene ring substituents is 1. The predicted octanol–water partition coefficient (Wildman–Crippen LogP) is 2.48. The molecular formula is C16H12N4O4S2. The van der Waals surface area contributed by atoms with Gasteiger partial charge in [-0.3, -0.25) is 25.1 Å². The van der Waals surface area contributed by atoms with Crippen molar-refractivity contribution in [2.45, 2.75) is 0 Å². The second-order valence-electron chi connectivity index (χ2n) is 5.31. The van der Waals surface area contributed by atoms with E-state index in [0.717, 1.165) is 28.5 Å². The molecule has 2 heterocycles. The van der Waals surface area contributed by atoms with E-state index in [-0.39, 0.29) is 15.6 Å². The maximum atomic E-state index is 12.5. The molecule has 10 heteroatoms. The first-order chi connectivity index (χ1) is 12.4. The number of nitrogens with one attached hydrogen (secondary N) is 1. The van der Waals surface area contributed by atoms with E-state index in [4.69, 9.17) is 12.2 Å². The third-order valence-corrected chi connectivity index (χ3v) is 4.89. The van der Waals surface area contributed by atoms with E-state index in [0.29, 0.717) is 4.91 Å². The number of hydrogen-bond acceptors (Lipinski definition) is 6. The quantitative estimate of drug-likeness (QED) is 0.374. The van der Waals surface area contributed by atoms with Crippen molar-refractivity contribution >= 4 is 51.9 Å². The molecule has 1 fully saturated rings. The van der Waals surface area contributed by atoms with Gasteiger partial charge in [0.25, 0.3) is 17.5 Å². The number of carbonyl (C=O) groups is 2. The standard InChI is InChI=1S/C16H12N4O4S2/c1-18-7-3-6-11(18)9-13-15(22)19(16(25)26-13)17-14(21)10-4-2-5-12(8-10)20(23)24/h2-9H,1H3,(H,17,21)/b13-9+. The summed E-state index contributed by atoms with van der Waals surface area (Å²) < 4.78 is 2.02. The zero-order chi connectivity index (χ0) is 18.8. The van der Waals surface area contributed by atoms with Crippen LogP contribution in [0.3, 0.4) is 0 Å². The van der Waals surface area contributed by atoms with Crippen molar-refractivity contribution in [2.24, 2.45) is 7.05 Å². The average Bonchev–Trinajstić information content (AvgIpc) is 3.13. The number of amides is 2. The molecule has 3 rings (SSSR count). The highest BCUT2D eigenvalue weighted by Crippen LogP contribution is 2.31. The highest BCUT2D eigenvalue weighted by molar-refractivity contribution is 8.26. The maximum absolute atomic E-state index is 12.5.